The van der Waals surface area contributed by atoms with Crippen LogP contribution in [0.2, 0.25) is 0 Å². The summed E-state index contributed by atoms with van der Waals surface area (Å²) in [5.74, 6) is 0.677. The molecule has 0 amide bonds. The Hall–Kier alpha value is -2.63. The van der Waals surface area contributed by atoms with E-state index in [2.05, 4.69) is 10.3 Å². The molecule has 1 aromatic carbocycles. The highest BCUT2D eigenvalue weighted by molar-refractivity contribution is 5.44. The molecule has 0 atom stereocenters. The predicted molar refractivity (Wildman–Crippen MR) is 69.1 cm³/mol. The van der Waals surface area contributed by atoms with Gasteiger partial charge in [-0.2, -0.15) is 0 Å². The zero-order valence-corrected chi connectivity index (χ0v) is 9.54. The molecule has 6 heteroatoms. The van der Waals surface area contributed by atoms with Crippen molar-refractivity contribution in [1.29, 1.82) is 0 Å². The van der Waals surface area contributed by atoms with E-state index in [0.29, 0.717) is 18.1 Å². The van der Waals surface area contributed by atoms with Gasteiger partial charge in [0.1, 0.15) is 5.82 Å². The zero-order valence-electron chi connectivity index (χ0n) is 9.54. The molecule has 6 nitrogen and oxygen atoms in total. The summed E-state index contributed by atoms with van der Waals surface area (Å²) in [7, 11) is 0. The number of hydrogen-bond donors (Lipinski definition) is 2. The van der Waals surface area contributed by atoms with Crippen molar-refractivity contribution in [3.8, 4) is 0 Å². The van der Waals surface area contributed by atoms with E-state index in [4.69, 9.17) is 5.73 Å². The molecule has 0 aliphatic heterocycles. The summed E-state index contributed by atoms with van der Waals surface area (Å²) in [6.07, 6.45) is 1.55. The van der Waals surface area contributed by atoms with Crippen LogP contribution in [0.1, 0.15) is 5.56 Å². The molecular formula is C12H12N4O2. The van der Waals surface area contributed by atoms with Crippen LogP contribution in [0.3, 0.4) is 0 Å². The smallest absolute Gasteiger partial charge is 0.269 e. The van der Waals surface area contributed by atoms with Crippen molar-refractivity contribution in [3.63, 3.8) is 0 Å². The van der Waals surface area contributed by atoms with E-state index in [1.54, 1.807) is 24.4 Å². The normalized spacial score (nSPS) is 10.0. The number of nitrogen functional groups attached to an aromatic ring is 1. The fraction of sp³-hybridized carbons (Fsp3) is 0.0833. The average molecular weight is 244 g/mol. The molecule has 0 unspecified atom stereocenters. The van der Waals surface area contributed by atoms with Crippen LogP contribution in [-0.4, -0.2) is 9.91 Å². The van der Waals surface area contributed by atoms with Crippen molar-refractivity contribution in [1.82, 2.24) is 4.98 Å². The van der Waals surface area contributed by atoms with Gasteiger partial charge in [0.15, 0.2) is 0 Å². The fourth-order valence-electron chi connectivity index (χ4n) is 1.48. The molecular weight excluding hydrogens is 232 g/mol. The van der Waals surface area contributed by atoms with Gasteiger partial charge >= 0.3 is 0 Å². The minimum atomic E-state index is -0.412. The van der Waals surface area contributed by atoms with Gasteiger partial charge in [-0.05, 0) is 17.7 Å². The number of nitrogens with two attached hydrogens (primary N) is 1. The highest BCUT2D eigenvalue weighted by atomic mass is 16.6. The summed E-state index contributed by atoms with van der Waals surface area (Å²) in [5, 5.41) is 13.7. The van der Waals surface area contributed by atoms with Gasteiger partial charge in [-0.3, -0.25) is 10.1 Å². The lowest BCUT2D eigenvalue weighted by Gasteiger charge is -2.05. The largest absolute Gasteiger partial charge is 0.397 e. The van der Waals surface area contributed by atoms with Crippen LogP contribution in [0.15, 0.2) is 42.6 Å². The molecule has 2 rings (SSSR count). The lowest BCUT2D eigenvalue weighted by atomic mass is 10.2. The molecule has 2 aromatic rings. The van der Waals surface area contributed by atoms with E-state index in [1.807, 2.05) is 6.07 Å². The van der Waals surface area contributed by atoms with Crippen LogP contribution in [0.5, 0.6) is 0 Å². The number of nitro groups is 1. The van der Waals surface area contributed by atoms with Crippen molar-refractivity contribution in [2.75, 3.05) is 11.1 Å². The molecule has 0 fully saturated rings. The minimum Gasteiger partial charge on any atom is -0.397 e. The molecule has 1 heterocycles. The van der Waals surface area contributed by atoms with Gasteiger partial charge in [-0.1, -0.05) is 12.1 Å². The molecule has 0 radical (unpaired) electrons. The standard InChI is InChI=1S/C12H12N4O2/c13-10-4-5-12(15-8-10)14-7-9-2-1-3-11(6-9)16(17)18/h1-6,8H,7,13H2,(H,14,15). The van der Waals surface area contributed by atoms with Gasteiger partial charge in [0.25, 0.3) is 5.69 Å². The second kappa shape index (κ2) is 5.13. The van der Waals surface area contributed by atoms with Crippen LogP contribution >= 0.6 is 0 Å². The first-order chi connectivity index (χ1) is 8.65. The maximum Gasteiger partial charge on any atom is 0.269 e. The maximum atomic E-state index is 10.6. The minimum absolute atomic E-state index is 0.0829. The number of pyridine rings is 1. The molecule has 18 heavy (non-hydrogen) atoms. The van der Waals surface area contributed by atoms with E-state index in [0.717, 1.165) is 5.56 Å². The zero-order chi connectivity index (χ0) is 13.0. The third kappa shape index (κ3) is 2.94. The number of nitrogens with zero attached hydrogens (tertiary/aromatic N) is 2. The Balaban J connectivity index is 2.04. The number of benzene rings is 1. The van der Waals surface area contributed by atoms with Gasteiger partial charge in [0.2, 0.25) is 0 Å². The Bertz CT molecular complexity index is 554. The van der Waals surface area contributed by atoms with Gasteiger partial charge in [0, 0.05) is 18.7 Å². The fourth-order valence-corrected chi connectivity index (χ4v) is 1.48. The Morgan fingerprint density at radius 1 is 1.33 bits per heavy atom. The topological polar surface area (TPSA) is 94.1 Å². The molecule has 0 spiro atoms. The van der Waals surface area contributed by atoms with Gasteiger partial charge in [-0.25, -0.2) is 4.98 Å². The Labute approximate surface area is 104 Å². The van der Waals surface area contributed by atoms with Crippen molar-refractivity contribution < 1.29 is 4.92 Å². The number of non-ortho nitro benzene ring substituents is 1. The quantitative estimate of drug-likeness (QED) is 0.635. The third-order valence-corrected chi connectivity index (χ3v) is 2.38. The summed E-state index contributed by atoms with van der Waals surface area (Å²) in [5.41, 5.74) is 7.02. The molecule has 0 bridgehead atoms. The van der Waals surface area contributed by atoms with Crippen molar-refractivity contribution in [2.24, 2.45) is 0 Å². The number of nitrogens with one attached hydrogen (secondary N) is 1. The summed E-state index contributed by atoms with van der Waals surface area (Å²) >= 11 is 0. The van der Waals surface area contributed by atoms with Crippen LogP contribution in [0.4, 0.5) is 17.2 Å². The molecule has 0 saturated heterocycles. The van der Waals surface area contributed by atoms with Crippen molar-refractivity contribution >= 4 is 17.2 Å². The van der Waals surface area contributed by atoms with Crippen LogP contribution in [0.25, 0.3) is 0 Å². The van der Waals surface area contributed by atoms with E-state index in [9.17, 15) is 10.1 Å². The average Bonchev–Trinajstić information content (AvgIpc) is 2.38. The summed E-state index contributed by atoms with van der Waals surface area (Å²) in [6, 6.07) is 9.97. The second-order valence-electron chi connectivity index (χ2n) is 3.76. The predicted octanol–water partition coefficient (Wildman–Crippen LogP) is 2.18. The Kier molecular flexibility index (Phi) is 3.38. The first-order valence-electron chi connectivity index (χ1n) is 5.34. The van der Waals surface area contributed by atoms with E-state index >= 15 is 0 Å². The van der Waals surface area contributed by atoms with E-state index in [1.165, 1.54) is 12.1 Å². The third-order valence-electron chi connectivity index (χ3n) is 2.38. The Morgan fingerprint density at radius 2 is 2.17 bits per heavy atom. The lowest BCUT2D eigenvalue weighted by molar-refractivity contribution is -0.384. The lowest BCUT2D eigenvalue weighted by Crippen LogP contribution is -2.02. The first kappa shape index (κ1) is 11.8. The molecule has 3 N–H and O–H groups in total. The van der Waals surface area contributed by atoms with Crippen LogP contribution < -0.4 is 11.1 Å². The molecule has 0 saturated carbocycles. The SMILES string of the molecule is Nc1ccc(NCc2cccc([N+](=O)[O-])c2)nc1. The monoisotopic (exact) mass is 244 g/mol. The van der Waals surface area contributed by atoms with E-state index < -0.39 is 4.92 Å². The number of hydrogen-bond acceptors (Lipinski definition) is 5. The van der Waals surface area contributed by atoms with Crippen molar-refractivity contribution in [2.45, 2.75) is 6.54 Å². The van der Waals surface area contributed by atoms with Gasteiger partial charge in [-0.15, -0.1) is 0 Å². The summed E-state index contributed by atoms with van der Waals surface area (Å²) < 4.78 is 0. The first-order valence-corrected chi connectivity index (χ1v) is 5.34. The maximum absolute atomic E-state index is 10.6. The number of nitro benzene ring substituents is 1. The molecule has 92 valence electrons. The summed E-state index contributed by atoms with van der Waals surface area (Å²) in [6.45, 7) is 0.471. The highest BCUT2D eigenvalue weighted by Crippen LogP contribution is 2.14. The van der Waals surface area contributed by atoms with Crippen LogP contribution in [-0.2, 0) is 6.54 Å². The van der Waals surface area contributed by atoms with Gasteiger partial charge in [0.05, 0.1) is 16.8 Å². The number of rotatable bonds is 4. The molecule has 0 aliphatic carbocycles. The number of anilines is 2. The second-order valence-corrected chi connectivity index (χ2v) is 3.76. The molecule has 1 aromatic heterocycles. The summed E-state index contributed by atoms with van der Waals surface area (Å²) in [4.78, 5) is 14.3. The highest BCUT2D eigenvalue weighted by Gasteiger charge is 2.05. The Morgan fingerprint density at radius 3 is 2.83 bits per heavy atom. The molecule has 0 aliphatic rings. The van der Waals surface area contributed by atoms with Gasteiger partial charge < -0.3 is 11.1 Å². The van der Waals surface area contributed by atoms with Crippen LogP contribution in [0, 0.1) is 10.1 Å². The number of aromatic nitrogens is 1. The van der Waals surface area contributed by atoms with Crippen molar-refractivity contribution in [3.05, 3.63) is 58.3 Å². The van der Waals surface area contributed by atoms with E-state index in [-0.39, 0.29) is 5.69 Å².